The minimum atomic E-state index is -3.70. The Morgan fingerprint density at radius 1 is 1.07 bits per heavy atom. The van der Waals surface area contributed by atoms with Gasteiger partial charge in [0, 0.05) is 29.8 Å². The smallest absolute Gasteiger partial charge is 0.278 e. The van der Waals surface area contributed by atoms with Gasteiger partial charge in [0.1, 0.15) is 23.8 Å². The minimum absolute atomic E-state index is 0.00167. The van der Waals surface area contributed by atoms with Gasteiger partial charge in [-0.2, -0.15) is 8.42 Å². The third-order valence-electron chi connectivity index (χ3n) is 3.77. The number of benzene rings is 1. The van der Waals surface area contributed by atoms with Crippen molar-refractivity contribution in [3.8, 4) is 5.82 Å². The SMILES string of the molecule is Cc1nc(Nc2ccc(NS(=O)(=O)c3cnc[nH]3)cc2)cc(-n2ccnc2)n1. The van der Waals surface area contributed by atoms with Crippen molar-refractivity contribution in [1.82, 2.24) is 29.5 Å². The fourth-order valence-corrected chi connectivity index (χ4v) is 3.48. The van der Waals surface area contributed by atoms with Crippen LogP contribution >= 0.6 is 0 Å². The van der Waals surface area contributed by atoms with E-state index in [0.29, 0.717) is 23.1 Å². The average Bonchev–Trinajstić information content (AvgIpc) is 3.37. The number of nitrogens with one attached hydrogen (secondary N) is 3. The van der Waals surface area contributed by atoms with E-state index in [0.717, 1.165) is 5.69 Å². The molecule has 0 aliphatic rings. The lowest BCUT2D eigenvalue weighted by atomic mass is 10.3. The highest BCUT2D eigenvalue weighted by Gasteiger charge is 2.15. The maximum atomic E-state index is 12.2. The van der Waals surface area contributed by atoms with Crippen molar-refractivity contribution in [3.63, 3.8) is 0 Å². The molecule has 4 aromatic rings. The zero-order valence-electron chi connectivity index (χ0n) is 14.7. The summed E-state index contributed by atoms with van der Waals surface area (Å²) >= 11 is 0. The quantitative estimate of drug-likeness (QED) is 0.455. The molecule has 4 rings (SSSR count). The second-order valence-electron chi connectivity index (χ2n) is 5.85. The number of anilines is 3. The number of H-pyrrole nitrogens is 1. The lowest BCUT2D eigenvalue weighted by Crippen LogP contribution is -2.13. The first-order valence-electron chi connectivity index (χ1n) is 8.22. The Morgan fingerprint density at radius 2 is 1.86 bits per heavy atom. The monoisotopic (exact) mass is 396 g/mol. The molecule has 1 aromatic carbocycles. The number of aromatic nitrogens is 6. The summed E-state index contributed by atoms with van der Waals surface area (Å²) in [7, 11) is -3.70. The van der Waals surface area contributed by atoms with Crippen LogP contribution in [0, 0.1) is 6.92 Å². The predicted octanol–water partition coefficient (Wildman–Crippen LogP) is 2.24. The van der Waals surface area contributed by atoms with E-state index < -0.39 is 10.0 Å². The van der Waals surface area contributed by atoms with Crippen molar-refractivity contribution < 1.29 is 8.42 Å². The molecule has 0 saturated carbocycles. The summed E-state index contributed by atoms with van der Waals surface area (Å²) in [6.45, 7) is 1.80. The van der Waals surface area contributed by atoms with Crippen LogP contribution in [0.3, 0.4) is 0 Å². The number of rotatable bonds is 6. The van der Waals surface area contributed by atoms with Crippen molar-refractivity contribution in [1.29, 1.82) is 0 Å². The molecule has 0 amide bonds. The van der Waals surface area contributed by atoms with Crippen molar-refractivity contribution in [2.75, 3.05) is 10.0 Å². The van der Waals surface area contributed by atoms with Crippen molar-refractivity contribution in [2.24, 2.45) is 0 Å². The Balaban J connectivity index is 1.51. The van der Waals surface area contributed by atoms with Gasteiger partial charge in [0.25, 0.3) is 10.0 Å². The Morgan fingerprint density at radius 3 is 2.54 bits per heavy atom. The Labute approximate surface area is 160 Å². The molecule has 0 spiro atoms. The molecular weight excluding hydrogens is 380 g/mol. The Hall–Kier alpha value is -3.73. The molecule has 0 atom stereocenters. The van der Waals surface area contributed by atoms with Crippen LogP contribution in [0.5, 0.6) is 0 Å². The van der Waals surface area contributed by atoms with Gasteiger partial charge in [-0.25, -0.2) is 19.9 Å². The van der Waals surface area contributed by atoms with Crippen LogP contribution in [-0.4, -0.2) is 37.9 Å². The van der Waals surface area contributed by atoms with Crippen molar-refractivity contribution in [2.45, 2.75) is 11.9 Å². The molecule has 3 aromatic heterocycles. The molecule has 0 saturated heterocycles. The van der Waals surface area contributed by atoms with Gasteiger partial charge in [-0.05, 0) is 31.2 Å². The summed E-state index contributed by atoms with van der Waals surface area (Å²) in [4.78, 5) is 19.1. The molecule has 0 aliphatic heterocycles. The summed E-state index contributed by atoms with van der Waals surface area (Å²) in [5.41, 5.74) is 1.18. The number of imidazole rings is 2. The normalized spacial score (nSPS) is 11.3. The summed E-state index contributed by atoms with van der Waals surface area (Å²) in [6.07, 6.45) is 7.68. The van der Waals surface area contributed by atoms with Crippen LogP contribution in [0.15, 0.2) is 66.6 Å². The van der Waals surface area contributed by atoms with Gasteiger partial charge >= 0.3 is 0 Å². The number of aryl methyl sites for hydroxylation is 1. The van der Waals surface area contributed by atoms with Crippen LogP contribution in [-0.2, 0) is 10.0 Å². The first-order valence-corrected chi connectivity index (χ1v) is 9.70. The second kappa shape index (κ2) is 7.12. The van der Waals surface area contributed by atoms with Crippen molar-refractivity contribution in [3.05, 3.63) is 67.4 Å². The molecule has 0 fully saturated rings. The molecule has 28 heavy (non-hydrogen) atoms. The van der Waals surface area contributed by atoms with Gasteiger partial charge in [0.2, 0.25) is 0 Å². The largest absolute Gasteiger partial charge is 0.340 e. The number of sulfonamides is 1. The average molecular weight is 396 g/mol. The molecule has 3 N–H and O–H groups in total. The lowest BCUT2D eigenvalue weighted by Gasteiger charge is -2.10. The Bertz CT molecular complexity index is 1170. The molecule has 142 valence electrons. The molecule has 3 heterocycles. The van der Waals surface area contributed by atoms with E-state index in [1.54, 1.807) is 60.5 Å². The Kier molecular flexibility index (Phi) is 4.49. The maximum absolute atomic E-state index is 12.2. The number of aromatic amines is 1. The summed E-state index contributed by atoms with van der Waals surface area (Å²) < 4.78 is 28.7. The van der Waals surface area contributed by atoms with Crippen molar-refractivity contribution >= 4 is 27.2 Å². The van der Waals surface area contributed by atoms with Gasteiger partial charge < -0.3 is 10.3 Å². The molecule has 11 heteroatoms. The fourth-order valence-electron chi connectivity index (χ4n) is 2.51. The van der Waals surface area contributed by atoms with Gasteiger partial charge in [-0.15, -0.1) is 0 Å². The zero-order chi connectivity index (χ0) is 19.6. The van der Waals surface area contributed by atoms with Gasteiger partial charge in [0.15, 0.2) is 5.03 Å². The van der Waals surface area contributed by atoms with E-state index in [1.165, 1.54) is 12.5 Å². The molecule has 0 bridgehead atoms. The van der Waals surface area contributed by atoms with E-state index in [4.69, 9.17) is 0 Å². The fraction of sp³-hybridized carbons (Fsp3) is 0.0588. The highest BCUT2D eigenvalue weighted by molar-refractivity contribution is 7.92. The minimum Gasteiger partial charge on any atom is -0.340 e. The first kappa shape index (κ1) is 17.7. The van der Waals surface area contributed by atoms with E-state index in [-0.39, 0.29) is 5.03 Å². The van der Waals surface area contributed by atoms with Crippen LogP contribution in [0.25, 0.3) is 5.82 Å². The van der Waals surface area contributed by atoms with E-state index in [2.05, 4.69) is 35.0 Å². The summed E-state index contributed by atoms with van der Waals surface area (Å²) in [6, 6.07) is 8.60. The van der Waals surface area contributed by atoms with Crippen LogP contribution in [0.4, 0.5) is 17.2 Å². The highest BCUT2D eigenvalue weighted by Crippen LogP contribution is 2.21. The van der Waals surface area contributed by atoms with Crippen LogP contribution in [0.1, 0.15) is 5.82 Å². The molecule has 0 aliphatic carbocycles. The topological polar surface area (TPSA) is 130 Å². The second-order valence-corrected chi connectivity index (χ2v) is 7.50. The predicted molar refractivity (Wildman–Crippen MR) is 103 cm³/mol. The van der Waals surface area contributed by atoms with Gasteiger partial charge in [0.05, 0.1) is 12.5 Å². The molecular formula is C17H16N8O2S. The lowest BCUT2D eigenvalue weighted by molar-refractivity contribution is 0.598. The summed E-state index contributed by atoms with van der Waals surface area (Å²) in [5.74, 6) is 1.91. The molecule has 10 nitrogen and oxygen atoms in total. The third kappa shape index (κ3) is 3.83. The third-order valence-corrected chi connectivity index (χ3v) is 5.07. The van der Waals surface area contributed by atoms with Gasteiger partial charge in [-0.1, -0.05) is 0 Å². The summed E-state index contributed by atoms with van der Waals surface area (Å²) in [5, 5.41) is 3.18. The van der Waals surface area contributed by atoms with E-state index in [1.807, 2.05) is 0 Å². The first-order chi connectivity index (χ1) is 13.5. The molecule has 0 radical (unpaired) electrons. The number of nitrogens with zero attached hydrogens (tertiary/aromatic N) is 5. The number of hydrogen-bond acceptors (Lipinski definition) is 7. The zero-order valence-corrected chi connectivity index (χ0v) is 15.6. The highest BCUT2D eigenvalue weighted by atomic mass is 32.2. The van der Waals surface area contributed by atoms with Crippen LogP contribution < -0.4 is 10.0 Å². The van der Waals surface area contributed by atoms with Gasteiger partial charge in [-0.3, -0.25) is 9.29 Å². The standard InChI is InChI=1S/C17H16N8O2S/c1-12-21-15(8-16(22-12)25-7-6-18-11-25)23-13-2-4-14(5-3-13)24-28(26,27)17-9-19-10-20-17/h2-11,24H,1H3,(H,19,20)(H,21,22,23). The number of hydrogen-bond donors (Lipinski definition) is 3. The maximum Gasteiger partial charge on any atom is 0.278 e. The molecule has 0 unspecified atom stereocenters. The van der Waals surface area contributed by atoms with E-state index in [9.17, 15) is 8.42 Å². The van der Waals surface area contributed by atoms with E-state index >= 15 is 0 Å². The van der Waals surface area contributed by atoms with Crippen LogP contribution in [0.2, 0.25) is 0 Å².